The quantitative estimate of drug-likeness (QED) is 0.631. The number of piperazine rings is 1. The summed E-state index contributed by atoms with van der Waals surface area (Å²) in [6.45, 7) is 6.22. The Labute approximate surface area is 199 Å². The second-order valence-electron chi connectivity index (χ2n) is 9.19. The highest BCUT2D eigenvalue weighted by molar-refractivity contribution is 5.80. The Morgan fingerprint density at radius 2 is 1.82 bits per heavy atom. The van der Waals surface area contributed by atoms with Crippen LogP contribution in [-0.4, -0.2) is 63.8 Å². The van der Waals surface area contributed by atoms with E-state index in [-0.39, 0.29) is 18.1 Å². The number of fused-ring (bicyclic) bond motifs is 1. The van der Waals surface area contributed by atoms with Crippen molar-refractivity contribution in [2.75, 3.05) is 39.0 Å². The van der Waals surface area contributed by atoms with Crippen molar-refractivity contribution >= 4 is 11.6 Å². The summed E-state index contributed by atoms with van der Waals surface area (Å²) in [5.41, 5.74) is 11.8. The zero-order chi connectivity index (χ0) is 23.7. The van der Waals surface area contributed by atoms with Crippen LogP contribution in [0.3, 0.4) is 0 Å². The molecule has 0 saturated carbocycles. The van der Waals surface area contributed by atoms with Gasteiger partial charge in [-0.3, -0.25) is 19.7 Å². The average molecular weight is 461 g/mol. The van der Waals surface area contributed by atoms with Gasteiger partial charge in [0.2, 0.25) is 5.91 Å². The van der Waals surface area contributed by atoms with E-state index < -0.39 is 0 Å². The van der Waals surface area contributed by atoms with E-state index in [0.717, 1.165) is 49.5 Å². The standard InChI is InChI=1S/C26H29FN6O/c1-31-8-10-32(11-9-31)15-18-12-20-16-33(17-25(20)29-14-18)26(34)13-24-22(28)6-7-23(30-24)19-2-4-21(27)5-3-19/h2-7,12,14H,8-11,13,15-17,28H2,1H3. The molecule has 0 spiro atoms. The number of nitrogens with two attached hydrogens (primary N) is 1. The number of rotatable bonds is 5. The van der Waals surface area contributed by atoms with E-state index in [9.17, 15) is 9.18 Å². The molecule has 1 fully saturated rings. The van der Waals surface area contributed by atoms with Gasteiger partial charge in [0.1, 0.15) is 5.82 Å². The Morgan fingerprint density at radius 1 is 1.06 bits per heavy atom. The monoisotopic (exact) mass is 460 g/mol. The van der Waals surface area contributed by atoms with Gasteiger partial charge in [0.05, 0.1) is 35.7 Å². The molecule has 2 aliphatic rings. The third-order valence-corrected chi connectivity index (χ3v) is 6.64. The van der Waals surface area contributed by atoms with E-state index in [1.807, 2.05) is 11.1 Å². The predicted molar refractivity (Wildman–Crippen MR) is 129 cm³/mol. The topological polar surface area (TPSA) is 78.6 Å². The van der Waals surface area contributed by atoms with Crippen molar-refractivity contribution in [1.29, 1.82) is 0 Å². The number of nitrogens with zero attached hydrogens (tertiary/aromatic N) is 5. The molecule has 4 heterocycles. The van der Waals surface area contributed by atoms with Crippen LogP contribution in [-0.2, 0) is 30.8 Å². The lowest BCUT2D eigenvalue weighted by Gasteiger charge is -2.32. The normalized spacial score (nSPS) is 16.6. The van der Waals surface area contributed by atoms with Crippen molar-refractivity contribution in [3.05, 3.63) is 77.0 Å². The zero-order valence-electron chi connectivity index (χ0n) is 19.4. The van der Waals surface area contributed by atoms with Gasteiger partial charge in [-0.15, -0.1) is 0 Å². The van der Waals surface area contributed by atoms with Crippen LogP contribution in [0.4, 0.5) is 10.1 Å². The summed E-state index contributed by atoms with van der Waals surface area (Å²) in [7, 11) is 2.15. The second-order valence-corrected chi connectivity index (χ2v) is 9.19. The van der Waals surface area contributed by atoms with Crippen molar-refractivity contribution in [2.45, 2.75) is 26.1 Å². The van der Waals surface area contributed by atoms with E-state index in [0.29, 0.717) is 30.2 Å². The summed E-state index contributed by atoms with van der Waals surface area (Å²) in [5.74, 6) is -0.336. The van der Waals surface area contributed by atoms with Gasteiger partial charge in [0, 0.05) is 51.0 Å². The van der Waals surface area contributed by atoms with Gasteiger partial charge < -0.3 is 15.5 Å². The molecular weight excluding hydrogens is 431 g/mol. The maximum atomic E-state index is 13.3. The van der Waals surface area contributed by atoms with Gasteiger partial charge in [0.25, 0.3) is 0 Å². The summed E-state index contributed by atoms with van der Waals surface area (Å²) in [4.78, 5) is 29.0. The highest BCUT2D eigenvalue weighted by Crippen LogP contribution is 2.25. The van der Waals surface area contributed by atoms with Gasteiger partial charge in [-0.2, -0.15) is 0 Å². The molecule has 2 aromatic heterocycles. The Bertz CT molecular complexity index is 1190. The first-order chi connectivity index (χ1) is 16.4. The summed E-state index contributed by atoms with van der Waals surface area (Å²) in [6.07, 6.45) is 2.06. The van der Waals surface area contributed by atoms with Crippen molar-refractivity contribution in [2.24, 2.45) is 0 Å². The van der Waals surface area contributed by atoms with E-state index in [4.69, 9.17) is 5.73 Å². The van der Waals surface area contributed by atoms with E-state index in [2.05, 4.69) is 32.9 Å². The van der Waals surface area contributed by atoms with Crippen LogP contribution in [0.5, 0.6) is 0 Å². The Kier molecular flexibility index (Phi) is 6.26. The van der Waals surface area contributed by atoms with Crippen molar-refractivity contribution in [3.63, 3.8) is 0 Å². The summed E-state index contributed by atoms with van der Waals surface area (Å²) < 4.78 is 13.3. The summed E-state index contributed by atoms with van der Waals surface area (Å²) in [5, 5.41) is 0. The maximum Gasteiger partial charge on any atom is 0.229 e. The Balaban J connectivity index is 1.24. The molecule has 2 aliphatic heterocycles. The molecule has 0 radical (unpaired) electrons. The smallest absolute Gasteiger partial charge is 0.229 e. The molecule has 0 unspecified atom stereocenters. The first-order valence-corrected chi connectivity index (χ1v) is 11.6. The van der Waals surface area contributed by atoms with Gasteiger partial charge in [0.15, 0.2) is 0 Å². The van der Waals surface area contributed by atoms with Crippen LogP contribution >= 0.6 is 0 Å². The number of pyridine rings is 2. The molecule has 1 saturated heterocycles. The van der Waals surface area contributed by atoms with E-state index >= 15 is 0 Å². The molecular formula is C26H29FN6O. The lowest BCUT2D eigenvalue weighted by atomic mass is 10.1. The minimum atomic E-state index is -0.302. The molecule has 2 N–H and O–H groups in total. The number of carbonyl (C=O) groups is 1. The number of nitrogen functional groups attached to an aromatic ring is 1. The molecule has 7 nitrogen and oxygen atoms in total. The fraction of sp³-hybridized carbons (Fsp3) is 0.346. The van der Waals surface area contributed by atoms with Gasteiger partial charge in [-0.25, -0.2) is 4.39 Å². The number of hydrogen-bond donors (Lipinski definition) is 1. The Hall–Kier alpha value is -3.36. The summed E-state index contributed by atoms with van der Waals surface area (Å²) in [6, 6.07) is 11.8. The molecule has 0 bridgehead atoms. The fourth-order valence-electron chi connectivity index (χ4n) is 4.53. The fourth-order valence-corrected chi connectivity index (χ4v) is 4.53. The highest BCUT2D eigenvalue weighted by Gasteiger charge is 2.26. The third kappa shape index (κ3) is 4.93. The van der Waals surface area contributed by atoms with Crippen molar-refractivity contribution in [1.82, 2.24) is 24.7 Å². The summed E-state index contributed by atoms with van der Waals surface area (Å²) >= 11 is 0. The van der Waals surface area contributed by atoms with Crippen LogP contribution in [0, 0.1) is 5.82 Å². The molecule has 5 rings (SSSR count). The first kappa shape index (κ1) is 22.4. The van der Waals surface area contributed by atoms with Gasteiger partial charge >= 0.3 is 0 Å². The lowest BCUT2D eigenvalue weighted by Crippen LogP contribution is -2.43. The molecule has 8 heteroatoms. The Morgan fingerprint density at radius 3 is 2.59 bits per heavy atom. The molecule has 0 aliphatic carbocycles. The molecule has 3 aromatic rings. The number of likely N-dealkylation sites (N-methyl/N-ethyl adjacent to an activating group) is 1. The lowest BCUT2D eigenvalue weighted by molar-refractivity contribution is -0.131. The van der Waals surface area contributed by atoms with Gasteiger partial charge in [-0.1, -0.05) is 0 Å². The molecule has 34 heavy (non-hydrogen) atoms. The van der Waals surface area contributed by atoms with Crippen LogP contribution < -0.4 is 5.73 Å². The number of anilines is 1. The molecule has 1 aromatic carbocycles. The molecule has 0 atom stereocenters. The van der Waals surface area contributed by atoms with Crippen molar-refractivity contribution in [3.8, 4) is 11.3 Å². The first-order valence-electron chi connectivity index (χ1n) is 11.6. The number of halogens is 1. The number of hydrogen-bond acceptors (Lipinski definition) is 6. The SMILES string of the molecule is CN1CCN(Cc2cnc3c(c2)CN(C(=O)Cc2nc(-c4ccc(F)cc4)ccc2N)C3)CC1. The second kappa shape index (κ2) is 9.48. The minimum Gasteiger partial charge on any atom is -0.397 e. The molecule has 1 amide bonds. The van der Waals surface area contributed by atoms with Crippen LogP contribution in [0.1, 0.15) is 22.5 Å². The van der Waals surface area contributed by atoms with Crippen molar-refractivity contribution < 1.29 is 9.18 Å². The number of benzene rings is 1. The minimum absolute atomic E-state index is 0.0333. The number of amides is 1. The maximum absolute atomic E-state index is 13.3. The zero-order valence-corrected chi connectivity index (χ0v) is 19.4. The predicted octanol–water partition coefficient (Wildman–Crippen LogP) is 2.70. The van der Waals surface area contributed by atoms with Crippen LogP contribution in [0.25, 0.3) is 11.3 Å². The average Bonchev–Trinajstić information content (AvgIpc) is 3.26. The van der Waals surface area contributed by atoms with E-state index in [1.165, 1.54) is 17.7 Å². The van der Waals surface area contributed by atoms with Crippen LogP contribution in [0.2, 0.25) is 0 Å². The molecule has 176 valence electrons. The highest BCUT2D eigenvalue weighted by atomic mass is 19.1. The number of carbonyl (C=O) groups excluding carboxylic acids is 1. The largest absolute Gasteiger partial charge is 0.397 e. The number of aromatic nitrogens is 2. The van der Waals surface area contributed by atoms with Gasteiger partial charge in [-0.05, 0) is 60.6 Å². The van der Waals surface area contributed by atoms with E-state index in [1.54, 1.807) is 24.3 Å². The van der Waals surface area contributed by atoms with Crippen LogP contribution in [0.15, 0.2) is 48.7 Å². The third-order valence-electron chi connectivity index (χ3n) is 6.64.